The largest absolute Gasteiger partial charge is 0.462 e. The fourth-order valence-corrected chi connectivity index (χ4v) is 2.94. The zero-order valence-corrected chi connectivity index (χ0v) is 14.0. The first kappa shape index (κ1) is 17.5. The summed E-state index contributed by atoms with van der Waals surface area (Å²) >= 11 is 0. The molecule has 0 spiro atoms. The fraction of sp³-hybridized carbons (Fsp3) is 0.278. The Bertz CT molecular complexity index is 857. The van der Waals surface area contributed by atoms with Crippen molar-refractivity contribution in [2.45, 2.75) is 25.8 Å². The molecule has 1 aromatic rings. The molecule has 1 unspecified atom stereocenters. The topological polar surface area (TPSA) is 110 Å². The molecule has 1 fully saturated rings. The van der Waals surface area contributed by atoms with E-state index in [1.165, 1.54) is 13.0 Å². The van der Waals surface area contributed by atoms with E-state index in [-0.39, 0.29) is 30.6 Å². The Kier molecular flexibility index (Phi) is 4.66. The summed E-state index contributed by atoms with van der Waals surface area (Å²) in [5.74, 6) is -2.56. The summed E-state index contributed by atoms with van der Waals surface area (Å²) in [4.78, 5) is 60.1. The zero-order chi connectivity index (χ0) is 18.8. The number of carbonyl (C=O) groups excluding carboxylic acids is 5. The molecule has 1 N–H and O–H groups in total. The molecule has 26 heavy (non-hydrogen) atoms. The van der Waals surface area contributed by atoms with E-state index in [0.29, 0.717) is 5.56 Å². The molecule has 0 bridgehead atoms. The number of nitrogens with one attached hydrogen (secondary N) is 1. The van der Waals surface area contributed by atoms with Gasteiger partial charge in [0.25, 0.3) is 11.8 Å². The minimum atomic E-state index is -0.983. The van der Waals surface area contributed by atoms with Crippen molar-refractivity contribution in [2.75, 3.05) is 6.61 Å². The SMILES string of the molecule is CC(=O)OC/C=C/c1ccc2c(c1)C(=O)N(C1CCC(=O)NC1=O)C2=O. The standard InChI is InChI=1S/C18H16N2O6/c1-10(21)26-8-2-3-11-4-5-12-13(9-11)18(25)20(17(12)24)14-6-7-15(22)19-16(14)23/h2-5,9,14H,6-8H2,1H3,(H,19,22,23)/b3-2+. The predicted octanol–water partition coefficient (Wildman–Crippen LogP) is 0.664. The van der Waals surface area contributed by atoms with Gasteiger partial charge in [-0.15, -0.1) is 0 Å². The molecular weight excluding hydrogens is 340 g/mol. The number of rotatable bonds is 4. The van der Waals surface area contributed by atoms with Gasteiger partial charge in [-0.05, 0) is 30.2 Å². The minimum absolute atomic E-state index is 0.0773. The highest BCUT2D eigenvalue weighted by atomic mass is 16.5. The molecule has 2 aliphatic heterocycles. The number of ether oxygens (including phenoxy) is 1. The number of fused-ring (bicyclic) bond motifs is 1. The van der Waals surface area contributed by atoms with Crippen LogP contribution < -0.4 is 5.32 Å². The van der Waals surface area contributed by atoms with Crippen LogP contribution in [0.25, 0.3) is 6.08 Å². The highest BCUT2D eigenvalue weighted by molar-refractivity contribution is 6.23. The minimum Gasteiger partial charge on any atom is -0.462 e. The van der Waals surface area contributed by atoms with Crippen LogP contribution in [-0.2, 0) is 19.1 Å². The maximum Gasteiger partial charge on any atom is 0.302 e. The van der Waals surface area contributed by atoms with E-state index in [9.17, 15) is 24.0 Å². The normalized spacial score (nSPS) is 19.7. The molecule has 0 aliphatic carbocycles. The third-order valence-electron chi connectivity index (χ3n) is 4.16. The van der Waals surface area contributed by atoms with E-state index in [1.807, 2.05) is 0 Å². The maximum absolute atomic E-state index is 12.7. The molecule has 3 rings (SSSR count). The molecule has 8 heteroatoms. The third-order valence-corrected chi connectivity index (χ3v) is 4.16. The molecule has 8 nitrogen and oxygen atoms in total. The first-order valence-electron chi connectivity index (χ1n) is 8.04. The predicted molar refractivity (Wildman–Crippen MR) is 88.8 cm³/mol. The number of nitrogens with zero attached hydrogens (tertiary/aromatic N) is 1. The summed E-state index contributed by atoms with van der Waals surface area (Å²) in [6, 6.07) is 3.74. The summed E-state index contributed by atoms with van der Waals surface area (Å²) in [6.45, 7) is 1.40. The Balaban J connectivity index is 1.80. The summed E-state index contributed by atoms with van der Waals surface area (Å²) in [7, 11) is 0. The summed E-state index contributed by atoms with van der Waals surface area (Å²) in [5, 5.41) is 2.15. The Morgan fingerprint density at radius 1 is 1.23 bits per heavy atom. The maximum atomic E-state index is 12.7. The van der Waals surface area contributed by atoms with Crippen molar-refractivity contribution in [1.29, 1.82) is 0 Å². The van der Waals surface area contributed by atoms with Gasteiger partial charge in [-0.3, -0.25) is 34.2 Å². The van der Waals surface area contributed by atoms with Gasteiger partial charge in [-0.25, -0.2) is 0 Å². The fourth-order valence-electron chi connectivity index (χ4n) is 2.94. The van der Waals surface area contributed by atoms with Crippen LogP contribution in [0.4, 0.5) is 0 Å². The van der Waals surface area contributed by atoms with Crippen LogP contribution in [-0.4, -0.2) is 47.1 Å². The van der Waals surface area contributed by atoms with E-state index in [2.05, 4.69) is 5.32 Å². The first-order valence-corrected chi connectivity index (χ1v) is 8.04. The lowest BCUT2D eigenvalue weighted by molar-refractivity contribution is -0.140. The number of piperidine rings is 1. The lowest BCUT2D eigenvalue weighted by atomic mass is 10.0. The second-order valence-corrected chi connectivity index (χ2v) is 5.96. The lowest BCUT2D eigenvalue weighted by Gasteiger charge is -2.27. The molecule has 4 amide bonds. The van der Waals surface area contributed by atoms with Gasteiger partial charge in [0.15, 0.2) is 0 Å². The second-order valence-electron chi connectivity index (χ2n) is 5.96. The van der Waals surface area contributed by atoms with Gasteiger partial charge in [0.1, 0.15) is 12.6 Å². The van der Waals surface area contributed by atoms with E-state index in [4.69, 9.17) is 4.74 Å². The Hall–Kier alpha value is -3.29. The molecule has 0 saturated carbocycles. The van der Waals surface area contributed by atoms with Gasteiger partial charge in [0, 0.05) is 13.3 Å². The lowest BCUT2D eigenvalue weighted by Crippen LogP contribution is -2.54. The van der Waals surface area contributed by atoms with Crippen molar-refractivity contribution in [1.82, 2.24) is 10.2 Å². The van der Waals surface area contributed by atoms with Crippen molar-refractivity contribution < 1.29 is 28.7 Å². The summed E-state index contributed by atoms with van der Waals surface area (Å²) in [5.41, 5.74) is 1.08. The van der Waals surface area contributed by atoms with Crippen LogP contribution in [0, 0.1) is 0 Å². The Morgan fingerprint density at radius 2 is 1.96 bits per heavy atom. The highest BCUT2D eigenvalue weighted by Crippen LogP contribution is 2.28. The van der Waals surface area contributed by atoms with Gasteiger partial charge < -0.3 is 4.74 Å². The number of hydrogen-bond acceptors (Lipinski definition) is 6. The van der Waals surface area contributed by atoms with Crippen LogP contribution in [0.2, 0.25) is 0 Å². The molecule has 2 aliphatic rings. The molecule has 1 atom stereocenters. The second kappa shape index (κ2) is 6.91. The molecule has 134 valence electrons. The van der Waals surface area contributed by atoms with Crippen molar-refractivity contribution in [3.63, 3.8) is 0 Å². The van der Waals surface area contributed by atoms with E-state index in [0.717, 1.165) is 4.90 Å². The third kappa shape index (κ3) is 3.26. The quantitative estimate of drug-likeness (QED) is 0.627. The monoisotopic (exact) mass is 356 g/mol. The van der Waals surface area contributed by atoms with Gasteiger partial charge in [-0.1, -0.05) is 12.1 Å². The van der Waals surface area contributed by atoms with Crippen molar-refractivity contribution >= 4 is 35.7 Å². The van der Waals surface area contributed by atoms with Crippen LogP contribution in [0.15, 0.2) is 24.3 Å². The average molecular weight is 356 g/mol. The number of amides is 4. The highest BCUT2D eigenvalue weighted by Gasteiger charge is 2.44. The number of imide groups is 2. The average Bonchev–Trinajstić information content (AvgIpc) is 2.83. The summed E-state index contributed by atoms with van der Waals surface area (Å²) < 4.78 is 4.78. The van der Waals surface area contributed by atoms with E-state index < -0.39 is 35.6 Å². The van der Waals surface area contributed by atoms with Gasteiger partial charge in [0.05, 0.1) is 11.1 Å². The Labute approximate surface area is 148 Å². The molecule has 0 radical (unpaired) electrons. The van der Waals surface area contributed by atoms with Crippen LogP contribution in [0.5, 0.6) is 0 Å². The molecule has 1 aromatic carbocycles. The first-order chi connectivity index (χ1) is 12.4. The van der Waals surface area contributed by atoms with Crippen molar-refractivity contribution in [3.8, 4) is 0 Å². The van der Waals surface area contributed by atoms with Crippen molar-refractivity contribution in [3.05, 3.63) is 41.0 Å². The van der Waals surface area contributed by atoms with E-state index >= 15 is 0 Å². The van der Waals surface area contributed by atoms with Crippen LogP contribution in [0.1, 0.15) is 46.0 Å². The molecule has 2 heterocycles. The summed E-state index contributed by atoms with van der Waals surface area (Å²) in [6.07, 6.45) is 3.47. The number of hydrogen-bond donors (Lipinski definition) is 1. The molecule has 0 aromatic heterocycles. The smallest absolute Gasteiger partial charge is 0.302 e. The van der Waals surface area contributed by atoms with Crippen molar-refractivity contribution in [2.24, 2.45) is 0 Å². The number of carbonyl (C=O) groups is 5. The molecule has 1 saturated heterocycles. The van der Waals surface area contributed by atoms with Crippen LogP contribution in [0.3, 0.4) is 0 Å². The van der Waals surface area contributed by atoms with Gasteiger partial charge in [0.2, 0.25) is 11.8 Å². The number of esters is 1. The van der Waals surface area contributed by atoms with Gasteiger partial charge in [-0.2, -0.15) is 0 Å². The number of benzene rings is 1. The van der Waals surface area contributed by atoms with Crippen LogP contribution >= 0.6 is 0 Å². The van der Waals surface area contributed by atoms with E-state index in [1.54, 1.807) is 24.3 Å². The van der Waals surface area contributed by atoms with Gasteiger partial charge >= 0.3 is 5.97 Å². The molecular formula is C18H16N2O6. The Morgan fingerprint density at radius 3 is 2.65 bits per heavy atom. The zero-order valence-electron chi connectivity index (χ0n) is 14.0.